The fraction of sp³-hybridized carbons (Fsp3) is 0. The van der Waals surface area contributed by atoms with Crippen molar-refractivity contribution in [2.75, 3.05) is 4.90 Å². The quantitative estimate of drug-likeness (QED) is 0.155. The Morgan fingerprint density at radius 3 is 1.09 bits per heavy atom. The molecule has 1 heteroatoms. The largest absolute Gasteiger partial charge is 0.310 e. The summed E-state index contributed by atoms with van der Waals surface area (Å²) in [4.78, 5) is 2.38. The number of benzene rings is 9. The highest BCUT2D eigenvalue weighted by Gasteiger charge is 2.27. The van der Waals surface area contributed by atoms with Gasteiger partial charge in [-0.2, -0.15) is 0 Å². The number of para-hydroxylation sites is 3. The number of nitrogens with zero attached hydrogens (tertiary/aromatic N) is 1. The van der Waals surface area contributed by atoms with Crippen molar-refractivity contribution >= 4 is 27.8 Å². The SMILES string of the molecule is c1ccc(-c2c(-c3ccccc3)c(-c3ccccc3)c3c(-c4ccccc4N(c4ccccc4)c4ccccc4)cccc3c2-c2ccccc2)cc1. The molecule has 0 aliphatic carbocycles. The maximum atomic E-state index is 2.38. The minimum atomic E-state index is 1.11. The third-order valence-corrected chi connectivity index (χ3v) is 10.0. The van der Waals surface area contributed by atoms with Crippen molar-refractivity contribution in [2.45, 2.75) is 0 Å². The average molecular weight is 676 g/mol. The van der Waals surface area contributed by atoms with Crippen molar-refractivity contribution in [2.24, 2.45) is 0 Å². The number of rotatable bonds is 8. The zero-order valence-corrected chi connectivity index (χ0v) is 29.3. The van der Waals surface area contributed by atoms with Crippen molar-refractivity contribution in [3.8, 4) is 55.6 Å². The van der Waals surface area contributed by atoms with E-state index in [0.29, 0.717) is 0 Å². The van der Waals surface area contributed by atoms with Gasteiger partial charge in [0.15, 0.2) is 0 Å². The van der Waals surface area contributed by atoms with Crippen LogP contribution in [0.1, 0.15) is 0 Å². The van der Waals surface area contributed by atoms with Gasteiger partial charge in [-0.3, -0.25) is 0 Å². The molecule has 0 radical (unpaired) electrons. The van der Waals surface area contributed by atoms with Crippen LogP contribution >= 0.6 is 0 Å². The summed E-state index contributed by atoms with van der Waals surface area (Å²) < 4.78 is 0. The molecule has 1 nitrogen and oxygen atoms in total. The molecule has 0 N–H and O–H groups in total. The molecule has 0 unspecified atom stereocenters. The summed E-state index contributed by atoms with van der Waals surface area (Å²) in [5.41, 5.74) is 15.3. The van der Waals surface area contributed by atoms with Crippen LogP contribution in [0.5, 0.6) is 0 Å². The number of anilines is 3. The molecule has 0 heterocycles. The molecule has 9 aromatic carbocycles. The molecule has 53 heavy (non-hydrogen) atoms. The van der Waals surface area contributed by atoms with Gasteiger partial charge in [-0.1, -0.05) is 194 Å². The van der Waals surface area contributed by atoms with E-state index in [2.05, 4.69) is 229 Å². The Hall–Kier alpha value is -6.96. The van der Waals surface area contributed by atoms with Crippen LogP contribution in [0.25, 0.3) is 66.4 Å². The lowest BCUT2D eigenvalue weighted by Crippen LogP contribution is -2.11. The van der Waals surface area contributed by atoms with Gasteiger partial charge in [-0.05, 0) is 91.2 Å². The average Bonchev–Trinajstić information content (AvgIpc) is 3.25. The zero-order chi connectivity index (χ0) is 35.4. The fourth-order valence-electron chi connectivity index (χ4n) is 7.83. The second-order valence-electron chi connectivity index (χ2n) is 13.2. The number of hydrogen-bond acceptors (Lipinski definition) is 1. The molecule has 9 aromatic rings. The van der Waals surface area contributed by atoms with Crippen LogP contribution in [0.3, 0.4) is 0 Å². The second kappa shape index (κ2) is 14.3. The molecule has 9 rings (SSSR count). The normalized spacial score (nSPS) is 11.0. The van der Waals surface area contributed by atoms with Crippen molar-refractivity contribution in [3.63, 3.8) is 0 Å². The maximum absolute atomic E-state index is 2.38. The first-order valence-corrected chi connectivity index (χ1v) is 18.2. The predicted octanol–water partition coefficient (Wildman–Crippen LogP) is 14.6. The minimum Gasteiger partial charge on any atom is -0.310 e. The summed E-state index contributed by atoms with van der Waals surface area (Å²) in [6.45, 7) is 0. The first kappa shape index (κ1) is 32.0. The van der Waals surface area contributed by atoms with Crippen molar-refractivity contribution in [3.05, 3.63) is 224 Å². The molecule has 0 spiro atoms. The van der Waals surface area contributed by atoms with Gasteiger partial charge in [0.2, 0.25) is 0 Å². The summed E-state index contributed by atoms with van der Waals surface area (Å²) in [7, 11) is 0. The van der Waals surface area contributed by atoms with Gasteiger partial charge in [0.1, 0.15) is 0 Å². The molecular formula is C52H37N. The zero-order valence-electron chi connectivity index (χ0n) is 29.3. The molecule has 0 fully saturated rings. The fourth-order valence-corrected chi connectivity index (χ4v) is 7.83. The first-order chi connectivity index (χ1) is 26.4. The Morgan fingerprint density at radius 2 is 0.604 bits per heavy atom. The van der Waals surface area contributed by atoms with Crippen LogP contribution in [-0.2, 0) is 0 Å². The molecule has 250 valence electrons. The van der Waals surface area contributed by atoms with Gasteiger partial charge in [0, 0.05) is 16.9 Å². The standard InChI is InChI=1S/C52H37N/c1-7-22-38(23-8-1)48-46-36-21-35-45(44-34-19-20-37-47(44)53(42-30-15-5-16-31-42)43-32-17-6-18-33-43)52(46)51(41-28-13-4-14-29-41)50(40-26-11-3-12-27-40)49(48)39-24-9-2-10-25-39/h1-37H. The van der Waals surface area contributed by atoms with Crippen LogP contribution < -0.4 is 4.90 Å². The van der Waals surface area contributed by atoms with Crippen LogP contribution in [0.2, 0.25) is 0 Å². The molecule has 0 saturated heterocycles. The van der Waals surface area contributed by atoms with Crippen LogP contribution in [0.15, 0.2) is 224 Å². The molecule has 0 bridgehead atoms. The highest BCUT2D eigenvalue weighted by Crippen LogP contribution is 2.54. The van der Waals surface area contributed by atoms with Gasteiger partial charge in [0.25, 0.3) is 0 Å². The Morgan fingerprint density at radius 1 is 0.245 bits per heavy atom. The molecular weight excluding hydrogens is 639 g/mol. The van der Waals surface area contributed by atoms with Gasteiger partial charge >= 0.3 is 0 Å². The predicted molar refractivity (Wildman–Crippen MR) is 226 cm³/mol. The molecule has 0 atom stereocenters. The Bertz CT molecular complexity index is 2580. The molecule has 0 saturated carbocycles. The Labute approximate surface area is 311 Å². The third-order valence-electron chi connectivity index (χ3n) is 10.0. The van der Waals surface area contributed by atoms with Gasteiger partial charge < -0.3 is 4.90 Å². The smallest absolute Gasteiger partial charge is 0.0540 e. The van der Waals surface area contributed by atoms with Crippen molar-refractivity contribution < 1.29 is 0 Å². The highest BCUT2D eigenvalue weighted by molar-refractivity contribution is 6.22. The number of fused-ring (bicyclic) bond motifs is 1. The topological polar surface area (TPSA) is 3.24 Å². The van der Waals surface area contributed by atoms with E-state index >= 15 is 0 Å². The van der Waals surface area contributed by atoms with Gasteiger partial charge in [-0.25, -0.2) is 0 Å². The summed E-state index contributed by atoms with van der Waals surface area (Å²) in [6.07, 6.45) is 0. The summed E-state index contributed by atoms with van der Waals surface area (Å²) in [5, 5.41) is 2.44. The third kappa shape index (κ3) is 5.99. The highest BCUT2D eigenvalue weighted by atomic mass is 15.1. The van der Waals surface area contributed by atoms with E-state index in [1.807, 2.05) is 0 Å². The first-order valence-electron chi connectivity index (χ1n) is 18.2. The van der Waals surface area contributed by atoms with Crippen molar-refractivity contribution in [1.29, 1.82) is 0 Å². The van der Waals surface area contributed by atoms with Crippen LogP contribution in [0.4, 0.5) is 17.1 Å². The van der Waals surface area contributed by atoms with E-state index in [4.69, 9.17) is 0 Å². The monoisotopic (exact) mass is 675 g/mol. The van der Waals surface area contributed by atoms with E-state index < -0.39 is 0 Å². The molecule has 0 amide bonds. The summed E-state index contributed by atoms with van der Waals surface area (Å²) >= 11 is 0. The van der Waals surface area contributed by atoms with Gasteiger partial charge in [-0.15, -0.1) is 0 Å². The lowest BCUT2D eigenvalue weighted by Gasteiger charge is -2.29. The lowest BCUT2D eigenvalue weighted by atomic mass is 9.77. The van der Waals surface area contributed by atoms with E-state index in [0.717, 1.165) is 22.6 Å². The molecule has 0 aromatic heterocycles. The Kier molecular flexibility index (Phi) is 8.66. The van der Waals surface area contributed by atoms with Crippen molar-refractivity contribution in [1.82, 2.24) is 0 Å². The Balaban J connectivity index is 1.48. The summed E-state index contributed by atoms with van der Waals surface area (Å²) in [6, 6.07) is 80.9. The van der Waals surface area contributed by atoms with E-state index in [1.54, 1.807) is 0 Å². The summed E-state index contributed by atoms with van der Waals surface area (Å²) in [5.74, 6) is 0. The van der Waals surface area contributed by atoms with Crippen LogP contribution in [0, 0.1) is 0 Å². The van der Waals surface area contributed by atoms with E-state index in [1.165, 1.54) is 60.8 Å². The molecule has 0 aliphatic heterocycles. The second-order valence-corrected chi connectivity index (χ2v) is 13.2. The maximum Gasteiger partial charge on any atom is 0.0540 e. The number of hydrogen-bond donors (Lipinski definition) is 0. The van der Waals surface area contributed by atoms with Crippen LogP contribution in [-0.4, -0.2) is 0 Å². The lowest BCUT2D eigenvalue weighted by molar-refractivity contribution is 1.28. The van der Waals surface area contributed by atoms with E-state index in [9.17, 15) is 0 Å². The van der Waals surface area contributed by atoms with E-state index in [-0.39, 0.29) is 0 Å². The minimum absolute atomic E-state index is 1.11. The molecule has 0 aliphatic rings. The van der Waals surface area contributed by atoms with Gasteiger partial charge in [0.05, 0.1) is 5.69 Å².